The summed E-state index contributed by atoms with van der Waals surface area (Å²) in [4.78, 5) is 23.6. The van der Waals surface area contributed by atoms with Crippen LogP contribution in [0.25, 0.3) is 0 Å². The van der Waals surface area contributed by atoms with Crippen LogP contribution < -0.4 is 10.9 Å². The van der Waals surface area contributed by atoms with Crippen molar-refractivity contribution in [2.45, 2.75) is 23.9 Å². The highest BCUT2D eigenvalue weighted by Gasteiger charge is 2.29. The van der Waals surface area contributed by atoms with Crippen LogP contribution in [0.1, 0.15) is 34.9 Å². The van der Waals surface area contributed by atoms with E-state index in [1.165, 1.54) is 36.0 Å². The average molecular weight is 349 g/mol. The monoisotopic (exact) mass is 349 g/mol. The van der Waals surface area contributed by atoms with Crippen LogP contribution in [0.4, 0.5) is 4.39 Å². The fourth-order valence-electron chi connectivity index (χ4n) is 2.11. The first-order valence-electron chi connectivity index (χ1n) is 7.41. The number of nitrogens with zero attached hydrogens (tertiary/aromatic N) is 3. The minimum Gasteiger partial charge on any atom is -0.309 e. The van der Waals surface area contributed by atoms with E-state index in [9.17, 15) is 14.0 Å². The summed E-state index contributed by atoms with van der Waals surface area (Å²) in [6.45, 7) is 0. The minimum absolute atomic E-state index is 0.0976. The van der Waals surface area contributed by atoms with Gasteiger partial charge in [-0.25, -0.2) is 4.39 Å². The Kier molecular flexibility index (Phi) is 4.79. The molecular formula is C15H16FN5O2S. The normalized spacial score (nSPS) is 13.6. The first kappa shape index (κ1) is 16.4. The first-order valence-corrected chi connectivity index (χ1v) is 8.40. The summed E-state index contributed by atoms with van der Waals surface area (Å²) in [7, 11) is 1.88. The van der Waals surface area contributed by atoms with Gasteiger partial charge in [0.2, 0.25) is 5.91 Å². The van der Waals surface area contributed by atoms with Crippen LogP contribution in [-0.2, 0) is 11.8 Å². The number of hydrogen-bond donors (Lipinski definition) is 2. The van der Waals surface area contributed by atoms with Crippen molar-refractivity contribution in [1.82, 2.24) is 25.6 Å². The zero-order valence-electron chi connectivity index (χ0n) is 13.0. The lowest BCUT2D eigenvalue weighted by Gasteiger charge is -2.07. The summed E-state index contributed by atoms with van der Waals surface area (Å²) in [5.41, 5.74) is 4.86. The lowest BCUT2D eigenvalue weighted by atomic mass is 10.2. The highest BCUT2D eigenvalue weighted by Crippen LogP contribution is 2.39. The second-order valence-electron chi connectivity index (χ2n) is 5.47. The van der Waals surface area contributed by atoms with Crippen LogP contribution in [0.5, 0.6) is 0 Å². The van der Waals surface area contributed by atoms with Gasteiger partial charge in [0, 0.05) is 18.5 Å². The van der Waals surface area contributed by atoms with E-state index in [-0.39, 0.29) is 17.2 Å². The van der Waals surface area contributed by atoms with E-state index in [4.69, 9.17) is 0 Å². The van der Waals surface area contributed by atoms with Crippen molar-refractivity contribution in [3.05, 3.63) is 41.5 Å². The van der Waals surface area contributed by atoms with Gasteiger partial charge in [-0.05, 0) is 37.1 Å². The summed E-state index contributed by atoms with van der Waals surface area (Å²) < 4.78 is 14.7. The molecule has 0 spiro atoms. The quantitative estimate of drug-likeness (QED) is 0.629. The van der Waals surface area contributed by atoms with Crippen LogP contribution >= 0.6 is 11.8 Å². The number of amides is 2. The van der Waals surface area contributed by atoms with Gasteiger partial charge in [-0.15, -0.1) is 10.2 Å². The van der Waals surface area contributed by atoms with Gasteiger partial charge >= 0.3 is 0 Å². The maximum Gasteiger partial charge on any atom is 0.269 e. The third-order valence-corrected chi connectivity index (χ3v) is 4.59. The number of benzene rings is 1. The van der Waals surface area contributed by atoms with Gasteiger partial charge in [0.15, 0.2) is 5.16 Å². The van der Waals surface area contributed by atoms with E-state index in [0.717, 1.165) is 18.7 Å². The molecule has 0 unspecified atom stereocenters. The van der Waals surface area contributed by atoms with Crippen LogP contribution in [0.3, 0.4) is 0 Å². The fraction of sp³-hybridized carbons (Fsp3) is 0.333. The van der Waals surface area contributed by atoms with Crippen molar-refractivity contribution in [3.8, 4) is 0 Å². The molecule has 2 aromatic rings. The van der Waals surface area contributed by atoms with Gasteiger partial charge in [-0.2, -0.15) is 0 Å². The summed E-state index contributed by atoms with van der Waals surface area (Å²) >= 11 is 1.25. The third kappa shape index (κ3) is 3.91. The van der Waals surface area contributed by atoms with E-state index in [2.05, 4.69) is 21.0 Å². The van der Waals surface area contributed by atoms with Gasteiger partial charge in [0.05, 0.1) is 5.75 Å². The van der Waals surface area contributed by atoms with Crippen LogP contribution in [-0.4, -0.2) is 32.3 Å². The standard InChI is InChI=1S/C15H16FN5O2S/c1-21-13(9-2-3-9)18-20-15(21)24-8-12(22)17-19-14(23)10-4-6-11(16)7-5-10/h4-7,9H,2-3,8H2,1H3,(H,17,22)(H,19,23). The second kappa shape index (κ2) is 7.00. The third-order valence-electron chi connectivity index (χ3n) is 3.57. The predicted molar refractivity (Wildman–Crippen MR) is 85.7 cm³/mol. The van der Waals surface area contributed by atoms with E-state index < -0.39 is 11.7 Å². The molecule has 2 amide bonds. The number of thioether (sulfide) groups is 1. The van der Waals surface area contributed by atoms with Crippen LogP contribution in [0.2, 0.25) is 0 Å². The zero-order chi connectivity index (χ0) is 17.1. The number of nitrogens with one attached hydrogen (secondary N) is 2. The Labute approximate surface area is 142 Å². The number of halogens is 1. The van der Waals surface area contributed by atoms with Crippen LogP contribution in [0.15, 0.2) is 29.4 Å². The molecule has 3 rings (SSSR count). The zero-order valence-corrected chi connectivity index (χ0v) is 13.8. The van der Waals surface area contributed by atoms with Gasteiger partial charge in [-0.3, -0.25) is 20.4 Å². The van der Waals surface area contributed by atoms with Crippen molar-refractivity contribution in [1.29, 1.82) is 0 Å². The Morgan fingerprint density at radius 2 is 1.96 bits per heavy atom. The fourth-order valence-corrected chi connectivity index (χ4v) is 2.83. The summed E-state index contributed by atoms with van der Waals surface area (Å²) in [5, 5.41) is 8.87. The van der Waals surface area contributed by atoms with E-state index >= 15 is 0 Å². The molecule has 1 aromatic heterocycles. The molecule has 0 bridgehead atoms. The molecule has 1 saturated carbocycles. The second-order valence-corrected chi connectivity index (χ2v) is 6.41. The Morgan fingerprint density at radius 1 is 1.25 bits per heavy atom. The first-order chi connectivity index (χ1) is 11.5. The lowest BCUT2D eigenvalue weighted by molar-refractivity contribution is -0.119. The molecule has 7 nitrogen and oxygen atoms in total. The molecule has 0 aliphatic heterocycles. The molecule has 24 heavy (non-hydrogen) atoms. The van der Waals surface area contributed by atoms with Gasteiger partial charge < -0.3 is 4.57 Å². The topological polar surface area (TPSA) is 88.9 Å². The largest absolute Gasteiger partial charge is 0.309 e. The number of hydrazine groups is 1. The molecular weight excluding hydrogens is 333 g/mol. The predicted octanol–water partition coefficient (Wildman–Crippen LogP) is 1.38. The molecule has 1 heterocycles. The van der Waals surface area contributed by atoms with Gasteiger partial charge in [0.1, 0.15) is 11.6 Å². The molecule has 1 aliphatic rings. The number of rotatable bonds is 5. The van der Waals surface area contributed by atoms with Crippen molar-refractivity contribution < 1.29 is 14.0 Å². The van der Waals surface area contributed by atoms with Crippen molar-refractivity contribution in [2.24, 2.45) is 7.05 Å². The van der Waals surface area contributed by atoms with E-state index in [0.29, 0.717) is 11.1 Å². The number of hydrogen-bond acceptors (Lipinski definition) is 5. The summed E-state index contributed by atoms with van der Waals surface area (Å²) in [5.74, 6) is 0.222. The Morgan fingerprint density at radius 3 is 2.62 bits per heavy atom. The van der Waals surface area contributed by atoms with Crippen LogP contribution in [0, 0.1) is 5.82 Å². The average Bonchev–Trinajstić information content (AvgIpc) is 3.35. The number of aromatic nitrogens is 3. The maximum absolute atomic E-state index is 12.8. The molecule has 0 radical (unpaired) electrons. The van der Waals surface area contributed by atoms with Gasteiger partial charge in [0.25, 0.3) is 5.91 Å². The molecule has 0 atom stereocenters. The molecule has 0 saturated heterocycles. The highest BCUT2D eigenvalue weighted by molar-refractivity contribution is 7.99. The SMILES string of the molecule is Cn1c(SCC(=O)NNC(=O)c2ccc(F)cc2)nnc1C1CC1. The smallest absolute Gasteiger partial charge is 0.269 e. The number of carbonyl (C=O) groups is 2. The molecule has 1 fully saturated rings. The Bertz CT molecular complexity index is 758. The van der Waals surface area contributed by atoms with Crippen molar-refractivity contribution >= 4 is 23.6 Å². The Hall–Kier alpha value is -2.42. The molecule has 9 heteroatoms. The lowest BCUT2D eigenvalue weighted by Crippen LogP contribution is -2.42. The van der Waals surface area contributed by atoms with Crippen molar-refractivity contribution in [2.75, 3.05) is 5.75 Å². The highest BCUT2D eigenvalue weighted by atomic mass is 32.2. The maximum atomic E-state index is 12.8. The minimum atomic E-state index is -0.511. The summed E-state index contributed by atoms with van der Waals surface area (Å²) in [6, 6.07) is 5.03. The molecule has 2 N–H and O–H groups in total. The molecule has 1 aromatic carbocycles. The molecule has 1 aliphatic carbocycles. The Balaban J connectivity index is 1.45. The van der Waals surface area contributed by atoms with E-state index in [1.807, 2.05) is 11.6 Å². The number of carbonyl (C=O) groups excluding carboxylic acids is 2. The van der Waals surface area contributed by atoms with E-state index in [1.54, 1.807) is 0 Å². The van der Waals surface area contributed by atoms with Gasteiger partial charge in [-0.1, -0.05) is 11.8 Å². The van der Waals surface area contributed by atoms with Crippen molar-refractivity contribution in [3.63, 3.8) is 0 Å². The molecule has 126 valence electrons. The summed E-state index contributed by atoms with van der Waals surface area (Å²) in [6.07, 6.45) is 2.26.